The molecule has 0 saturated heterocycles. The number of hydrogen-bond acceptors (Lipinski definition) is 2. The van der Waals surface area contributed by atoms with Crippen LogP contribution in [0.3, 0.4) is 0 Å². The molecule has 0 atom stereocenters. The van der Waals surface area contributed by atoms with E-state index in [1.54, 1.807) is 5.57 Å². The van der Waals surface area contributed by atoms with Gasteiger partial charge in [0.05, 0.1) is 0 Å². The van der Waals surface area contributed by atoms with E-state index >= 15 is 0 Å². The summed E-state index contributed by atoms with van der Waals surface area (Å²) in [6.45, 7) is 3.38. The van der Waals surface area contributed by atoms with E-state index in [4.69, 9.17) is 0 Å². The van der Waals surface area contributed by atoms with Crippen molar-refractivity contribution in [2.45, 2.75) is 6.42 Å². The van der Waals surface area contributed by atoms with Gasteiger partial charge in [-0.25, -0.2) is 0 Å². The summed E-state index contributed by atoms with van der Waals surface area (Å²) in [5.41, 5.74) is 3.06. The van der Waals surface area contributed by atoms with Crippen molar-refractivity contribution < 1.29 is 0 Å². The van der Waals surface area contributed by atoms with Crippen LogP contribution in [0.4, 0.5) is 0 Å². The van der Waals surface area contributed by atoms with Gasteiger partial charge in [-0.1, -0.05) is 0 Å². The van der Waals surface area contributed by atoms with Gasteiger partial charge in [-0.3, -0.25) is 0 Å². The van der Waals surface area contributed by atoms with Crippen LogP contribution >= 0.6 is 0 Å². The average molecular weight is 110 g/mol. The van der Waals surface area contributed by atoms with Crippen molar-refractivity contribution in [3.8, 4) is 0 Å². The summed E-state index contributed by atoms with van der Waals surface area (Å²) < 4.78 is 0. The summed E-state index contributed by atoms with van der Waals surface area (Å²) in [5, 5.41) is 6.62. The zero-order valence-corrected chi connectivity index (χ0v) is 4.83. The summed E-state index contributed by atoms with van der Waals surface area (Å²) in [7, 11) is 0. The molecule has 0 amide bonds. The fourth-order valence-electron chi connectivity index (χ4n) is 1.36. The first kappa shape index (κ1) is 4.39. The van der Waals surface area contributed by atoms with E-state index < -0.39 is 0 Å². The molecule has 0 bridgehead atoms. The molecule has 0 aromatic carbocycles. The summed E-state index contributed by atoms with van der Waals surface area (Å²) in [4.78, 5) is 0. The molecule has 2 aliphatic heterocycles. The molecule has 2 heteroatoms. The van der Waals surface area contributed by atoms with E-state index in [0.717, 1.165) is 13.1 Å². The van der Waals surface area contributed by atoms with Crippen LogP contribution in [0.2, 0.25) is 0 Å². The highest BCUT2D eigenvalue weighted by molar-refractivity contribution is 5.25. The van der Waals surface area contributed by atoms with Gasteiger partial charge < -0.3 is 10.6 Å². The van der Waals surface area contributed by atoms with Crippen molar-refractivity contribution in [3.63, 3.8) is 0 Å². The molecule has 0 aliphatic carbocycles. The zero-order valence-electron chi connectivity index (χ0n) is 4.83. The minimum atomic E-state index is 1.08. The Bertz CT molecular complexity index is 109. The largest absolute Gasteiger partial charge is 0.387 e. The van der Waals surface area contributed by atoms with Gasteiger partial charge in [-0.15, -0.1) is 0 Å². The lowest BCUT2D eigenvalue weighted by Crippen LogP contribution is -2.18. The van der Waals surface area contributed by atoms with Gasteiger partial charge in [0.2, 0.25) is 0 Å². The maximum Gasteiger partial charge on any atom is 0.0356 e. The highest BCUT2D eigenvalue weighted by Crippen LogP contribution is 2.15. The molecule has 44 valence electrons. The summed E-state index contributed by atoms with van der Waals surface area (Å²) in [6, 6.07) is 0. The minimum absolute atomic E-state index is 1.08. The molecule has 0 aromatic rings. The summed E-state index contributed by atoms with van der Waals surface area (Å²) >= 11 is 0. The number of rotatable bonds is 0. The van der Waals surface area contributed by atoms with E-state index in [1.807, 2.05) is 0 Å². The smallest absolute Gasteiger partial charge is 0.0356 e. The van der Waals surface area contributed by atoms with Crippen LogP contribution in [0.15, 0.2) is 11.3 Å². The Morgan fingerprint density at radius 1 is 1.25 bits per heavy atom. The lowest BCUT2D eigenvalue weighted by Gasteiger charge is -1.97. The van der Waals surface area contributed by atoms with Crippen molar-refractivity contribution >= 4 is 0 Å². The molecule has 0 unspecified atom stereocenters. The monoisotopic (exact) mass is 110 g/mol. The van der Waals surface area contributed by atoms with Gasteiger partial charge in [-0.2, -0.15) is 0 Å². The first-order chi connectivity index (χ1) is 3.97. The van der Waals surface area contributed by atoms with Gasteiger partial charge in [-0.05, 0) is 12.0 Å². The maximum absolute atomic E-state index is 3.34. The van der Waals surface area contributed by atoms with E-state index in [2.05, 4.69) is 10.6 Å². The maximum atomic E-state index is 3.34. The standard InChI is InChI=1S/C6H10N2/c1-2-8-6-4-7-3-5(1)6/h7-8H,1-4H2. The third kappa shape index (κ3) is 0.464. The first-order valence-corrected chi connectivity index (χ1v) is 3.12. The second-order valence-corrected chi connectivity index (χ2v) is 2.36. The summed E-state index contributed by atoms with van der Waals surface area (Å²) in [6.07, 6.45) is 1.27. The minimum Gasteiger partial charge on any atom is -0.387 e. The van der Waals surface area contributed by atoms with Crippen molar-refractivity contribution in [3.05, 3.63) is 11.3 Å². The fourth-order valence-corrected chi connectivity index (χ4v) is 1.36. The number of hydrogen-bond donors (Lipinski definition) is 2. The van der Waals surface area contributed by atoms with Crippen molar-refractivity contribution in [2.24, 2.45) is 0 Å². The second-order valence-electron chi connectivity index (χ2n) is 2.36. The van der Waals surface area contributed by atoms with Crippen LogP contribution in [0.5, 0.6) is 0 Å². The van der Waals surface area contributed by atoms with Crippen molar-refractivity contribution in [1.82, 2.24) is 10.6 Å². The third-order valence-corrected chi connectivity index (χ3v) is 1.83. The Hall–Kier alpha value is -0.500. The van der Waals surface area contributed by atoms with E-state index in [0.29, 0.717) is 0 Å². The normalized spacial score (nSPS) is 26.0. The predicted molar refractivity (Wildman–Crippen MR) is 32.5 cm³/mol. The highest BCUT2D eigenvalue weighted by atomic mass is 15.0. The molecular formula is C6H10N2. The quantitative estimate of drug-likeness (QED) is 0.452. The van der Waals surface area contributed by atoms with Gasteiger partial charge in [0.15, 0.2) is 0 Å². The second kappa shape index (κ2) is 1.49. The topological polar surface area (TPSA) is 24.1 Å². The van der Waals surface area contributed by atoms with Crippen LogP contribution in [-0.2, 0) is 0 Å². The Morgan fingerprint density at radius 3 is 3.12 bits per heavy atom. The van der Waals surface area contributed by atoms with Crippen LogP contribution in [-0.4, -0.2) is 19.6 Å². The molecule has 0 aromatic heterocycles. The third-order valence-electron chi connectivity index (χ3n) is 1.83. The van der Waals surface area contributed by atoms with Crippen LogP contribution in [0.25, 0.3) is 0 Å². The number of nitrogens with one attached hydrogen (secondary N) is 2. The van der Waals surface area contributed by atoms with Gasteiger partial charge in [0.1, 0.15) is 0 Å². The average Bonchev–Trinajstić information content (AvgIpc) is 2.15. The van der Waals surface area contributed by atoms with Gasteiger partial charge in [0, 0.05) is 25.3 Å². The molecule has 2 rings (SSSR count). The molecule has 0 fully saturated rings. The lowest BCUT2D eigenvalue weighted by atomic mass is 10.2. The Kier molecular flexibility index (Phi) is 0.815. The zero-order chi connectivity index (χ0) is 5.40. The molecular weight excluding hydrogens is 100 g/mol. The molecule has 0 radical (unpaired) electrons. The lowest BCUT2D eigenvalue weighted by molar-refractivity contribution is 0.752. The fraction of sp³-hybridized carbons (Fsp3) is 0.667. The van der Waals surface area contributed by atoms with Crippen LogP contribution < -0.4 is 10.6 Å². The molecule has 0 spiro atoms. The predicted octanol–water partition coefficient (Wildman–Crippen LogP) is -0.163. The highest BCUT2D eigenvalue weighted by Gasteiger charge is 2.17. The molecule has 2 aliphatic rings. The van der Waals surface area contributed by atoms with Crippen molar-refractivity contribution in [1.29, 1.82) is 0 Å². The molecule has 2 N–H and O–H groups in total. The molecule has 2 nitrogen and oxygen atoms in total. The Balaban J connectivity index is 2.23. The summed E-state index contributed by atoms with van der Waals surface area (Å²) in [5.74, 6) is 0. The van der Waals surface area contributed by atoms with Gasteiger partial charge >= 0.3 is 0 Å². The first-order valence-electron chi connectivity index (χ1n) is 3.12. The molecule has 0 saturated carbocycles. The van der Waals surface area contributed by atoms with Crippen molar-refractivity contribution in [2.75, 3.05) is 19.6 Å². The molecule has 8 heavy (non-hydrogen) atoms. The van der Waals surface area contributed by atoms with E-state index in [-0.39, 0.29) is 0 Å². The van der Waals surface area contributed by atoms with E-state index in [1.165, 1.54) is 18.7 Å². The van der Waals surface area contributed by atoms with Crippen LogP contribution in [0.1, 0.15) is 6.42 Å². The van der Waals surface area contributed by atoms with Crippen LogP contribution in [0, 0.1) is 0 Å². The van der Waals surface area contributed by atoms with E-state index in [9.17, 15) is 0 Å². The SMILES string of the molecule is C1CC2=C(CNC2)N1. The molecule has 2 heterocycles. The van der Waals surface area contributed by atoms with Gasteiger partial charge in [0.25, 0.3) is 0 Å². The Labute approximate surface area is 49.0 Å². The Morgan fingerprint density at radius 2 is 2.25 bits per heavy atom.